The summed E-state index contributed by atoms with van der Waals surface area (Å²) in [5.41, 5.74) is 3.56. The first kappa shape index (κ1) is 40.0. The summed E-state index contributed by atoms with van der Waals surface area (Å²) in [6.07, 6.45) is -1.12. The third-order valence-corrected chi connectivity index (χ3v) is 10.2. The van der Waals surface area contributed by atoms with Gasteiger partial charge in [0.1, 0.15) is 24.7 Å². The van der Waals surface area contributed by atoms with E-state index in [-0.39, 0.29) is 46.7 Å². The summed E-state index contributed by atoms with van der Waals surface area (Å²) < 4.78 is 48.0. The Morgan fingerprint density at radius 1 is 0.533 bits per heavy atom. The molecule has 0 unspecified atom stereocenters. The van der Waals surface area contributed by atoms with Crippen molar-refractivity contribution in [1.29, 1.82) is 0 Å². The second kappa shape index (κ2) is 15.4. The number of ether oxygens (including phenoxy) is 8. The first-order valence-electron chi connectivity index (χ1n) is 19.7. The first-order chi connectivity index (χ1) is 28.7. The van der Waals surface area contributed by atoms with Gasteiger partial charge >= 0.3 is 18.1 Å². The summed E-state index contributed by atoms with van der Waals surface area (Å²) in [5.74, 6) is 0.660. The number of benzene rings is 6. The molecule has 6 aromatic carbocycles. The standard InChI is InChI=1S/C49H46O11/c1-48(2,3)25-57-37-21-31-29(19-35(37)53-7)39(27-15-11-9-12-16-27)41-33(23-55-45(41)50)43(31)59-47(52)60-44-32-22-38(58-26-49(4,5)6)36(54-8)20-30(32)40(28-17-13-10-14-18-28)42-34(44)24-56-46(42)51/h9-22H,23-26H2,1-8H3. The number of carbonyl (C=O) groups excluding carboxylic acids is 3. The molecule has 0 bridgehead atoms. The lowest BCUT2D eigenvalue weighted by atomic mass is 9.89. The van der Waals surface area contributed by atoms with E-state index in [9.17, 15) is 14.4 Å². The predicted octanol–water partition coefficient (Wildman–Crippen LogP) is 11.1. The van der Waals surface area contributed by atoms with Crippen molar-refractivity contribution in [2.75, 3.05) is 27.4 Å². The van der Waals surface area contributed by atoms with Crippen molar-refractivity contribution in [3.8, 4) is 56.8 Å². The Labute approximate surface area is 348 Å². The Balaban J connectivity index is 1.32. The lowest BCUT2D eigenvalue weighted by Gasteiger charge is -2.23. The fraction of sp³-hybridized carbons (Fsp3) is 0.286. The van der Waals surface area contributed by atoms with Crippen molar-refractivity contribution >= 4 is 39.6 Å². The molecule has 11 heteroatoms. The molecule has 0 N–H and O–H groups in total. The Kier molecular flexibility index (Phi) is 10.3. The van der Waals surface area contributed by atoms with Crippen molar-refractivity contribution in [2.45, 2.75) is 54.8 Å². The van der Waals surface area contributed by atoms with E-state index in [1.165, 1.54) is 0 Å². The molecule has 0 aliphatic carbocycles. The molecule has 6 aromatic rings. The Bertz CT molecular complexity index is 2500. The van der Waals surface area contributed by atoms with Crippen LogP contribution in [0.15, 0.2) is 84.9 Å². The van der Waals surface area contributed by atoms with Crippen LogP contribution in [0.2, 0.25) is 0 Å². The second-order valence-electron chi connectivity index (χ2n) is 17.2. The molecule has 0 spiro atoms. The van der Waals surface area contributed by atoms with Gasteiger partial charge in [-0.1, -0.05) is 102 Å². The minimum Gasteiger partial charge on any atom is -0.493 e. The predicted molar refractivity (Wildman–Crippen MR) is 227 cm³/mol. The van der Waals surface area contributed by atoms with Crippen LogP contribution in [0.3, 0.4) is 0 Å². The van der Waals surface area contributed by atoms with Crippen molar-refractivity contribution in [3.05, 3.63) is 107 Å². The topological polar surface area (TPSA) is 125 Å². The van der Waals surface area contributed by atoms with E-state index in [4.69, 9.17) is 37.9 Å². The molecule has 60 heavy (non-hydrogen) atoms. The van der Waals surface area contributed by atoms with Gasteiger partial charge in [0, 0.05) is 33.0 Å². The number of esters is 2. The van der Waals surface area contributed by atoms with Crippen LogP contribution in [0.4, 0.5) is 4.79 Å². The first-order valence-corrected chi connectivity index (χ1v) is 19.7. The Morgan fingerprint density at radius 3 is 1.25 bits per heavy atom. The van der Waals surface area contributed by atoms with Gasteiger partial charge in [-0.2, -0.15) is 0 Å². The molecule has 0 amide bonds. The molecule has 8 rings (SSSR count). The minimum atomic E-state index is -1.12. The van der Waals surface area contributed by atoms with Crippen molar-refractivity contribution in [2.24, 2.45) is 10.8 Å². The highest BCUT2D eigenvalue weighted by atomic mass is 16.7. The molecule has 0 aromatic heterocycles. The van der Waals surface area contributed by atoms with Crippen LogP contribution >= 0.6 is 0 Å². The van der Waals surface area contributed by atoms with Crippen LogP contribution in [-0.2, 0) is 22.7 Å². The fourth-order valence-corrected chi connectivity index (χ4v) is 7.54. The quantitative estimate of drug-likeness (QED) is 0.0969. The summed E-state index contributed by atoms with van der Waals surface area (Å²) >= 11 is 0. The molecule has 2 aliphatic rings. The minimum absolute atomic E-state index is 0.0591. The summed E-state index contributed by atoms with van der Waals surface area (Å²) in [6.45, 7) is 12.7. The van der Waals surface area contributed by atoms with E-state index >= 15 is 0 Å². The average Bonchev–Trinajstić information content (AvgIpc) is 3.80. The maximum atomic E-state index is 14.5. The van der Waals surface area contributed by atoms with E-state index in [1.54, 1.807) is 38.5 Å². The molecule has 0 atom stereocenters. The van der Waals surface area contributed by atoms with E-state index in [0.717, 1.165) is 11.1 Å². The molecule has 0 saturated heterocycles. The average molecular weight is 811 g/mol. The van der Waals surface area contributed by atoms with Gasteiger partial charge in [-0.05, 0) is 57.0 Å². The van der Waals surface area contributed by atoms with E-state index in [1.807, 2.05) is 60.7 Å². The van der Waals surface area contributed by atoms with Gasteiger partial charge in [-0.15, -0.1) is 0 Å². The van der Waals surface area contributed by atoms with Crippen LogP contribution in [0, 0.1) is 10.8 Å². The van der Waals surface area contributed by atoms with Gasteiger partial charge in [0.15, 0.2) is 23.0 Å². The third-order valence-electron chi connectivity index (χ3n) is 10.2. The van der Waals surface area contributed by atoms with Crippen LogP contribution in [0.1, 0.15) is 73.4 Å². The van der Waals surface area contributed by atoms with Crippen LogP contribution in [-0.4, -0.2) is 45.5 Å². The number of methoxy groups -OCH3 is 2. The lowest BCUT2D eigenvalue weighted by Crippen LogP contribution is -2.18. The van der Waals surface area contributed by atoms with Gasteiger partial charge in [-0.25, -0.2) is 14.4 Å². The van der Waals surface area contributed by atoms with E-state index in [2.05, 4.69) is 41.5 Å². The molecule has 308 valence electrons. The SMILES string of the molecule is COc1cc2c(-c3ccccc3)c3c(c(OC(=O)Oc4c5c(c(-c6ccccc6)c6cc(OC)c(OCC(C)(C)C)cc46)C(=O)OC5)c2cc1OCC(C)(C)C)COC3=O. The molecule has 0 radical (unpaired) electrons. The Morgan fingerprint density at radius 2 is 0.900 bits per heavy atom. The number of hydrogen-bond acceptors (Lipinski definition) is 11. The number of rotatable bonds is 10. The number of carbonyl (C=O) groups is 3. The molecule has 2 aliphatic heterocycles. The number of hydrogen-bond donors (Lipinski definition) is 0. The van der Waals surface area contributed by atoms with E-state index in [0.29, 0.717) is 80.0 Å². The highest BCUT2D eigenvalue weighted by Crippen LogP contribution is 2.50. The lowest BCUT2D eigenvalue weighted by molar-refractivity contribution is 0.0526. The zero-order valence-electron chi connectivity index (χ0n) is 34.9. The molecule has 11 nitrogen and oxygen atoms in total. The summed E-state index contributed by atoms with van der Waals surface area (Å²) in [6, 6.07) is 25.9. The highest BCUT2D eigenvalue weighted by molar-refractivity contribution is 6.15. The molecule has 2 heterocycles. The van der Waals surface area contributed by atoms with Gasteiger partial charge < -0.3 is 37.9 Å². The van der Waals surface area contributed by atoms with Gasteiger partial charge in [0.2, 0.25) is 0 Å². The maximum absolute atomic E-state index is 14.5. The zero-order valence-corrected chi connectivity index (χ0v) is 34.9. The van der Waals surface area contributed by atoms with E-state index < -0.39 is 18.1 Å². The van der Waals surface area contributed by atoms with Crippen LogP contribution < -0.4 is 28.4 Å². The van der Waals surface area contributed by atoms with Crippen molar-refractivity contribution in [1.82, 2.24) is 0 Å². The van der Waals surface area contributed by atoms with Crippen LogP contribution in [0.25, 0.3) is 43.8 Å². The van der Waals surface area contributed by atoms with Gasteiger partial charge in [0.25, 0.3) is 0 Å². The monoisotopic (exact) mass is 810 g/mol. The molecule has 0 fully saturated rings. The summed E-state index contributed by atoms with van der Waals surface area (Å²) in [4.78, 5) is 41.7. The normalized spacial score (nSPS) is 13.4. The van der Waals surface area contributed by atoms with Crippen molar-refractivity contribution in [3.63, 3.8) is 0 Å². The van der Waals surface area contributed by atoms with Crippen LogP contribution in [0.5, 0.6) is 34.5 Å². The van der Waals surface area contributed by atoms with Gasteiger partial charge in [0.05, 0.1) is 38.6 Å². The smallest absolute Gasteiger partial charge is 0.493 e. The second-order valence-corrected chi connectivity index (χ2v) is 17.2. The highest BCUT2D eigenvalue weighted by Gasteiger charge is 2.37. The third kappa shape index (κ3) is 7.51. The zero-order chi connectivity index (χ0) is 42.5. The molecule has 0 saturated carbocycles. The summed E-state index contributed by atoms with van der Waals surface area (Å²) in [7, 11) is 3.08. The molecular formula is C49H46O11. The number of cyclic esters (lactones) is 2. The van der Waals surface area contributed by atoms with Crippen molar-refractivity contribution < 1.29 is 52.3 Å². The number of fused-ring (bicyclic) bond motifs is 4. The van der Waals surface area contributed by atoms with Gasteiger partial charge in [-0.3, -0.25) is 0 Å². The largest absolute Gasteiger partial charge is 0.519 e. The fourth-order valence-electron chi connectivity index (χ4n) is 7.54. The maximum Gasteiger partial charge on any atom is 0.519 e. The molecular weight excluding hydrogens is 765 g/mol. The summed E-state index contributed by atoms with van der Waals surface area (Å²) in [5, 5.41) is 2.05. The Hall–Kier alpha value is -6.75.